The first-order valence-corrected chi connectivity index (χ1v) is 6.34. The van der Waals surface area contributed by atoms with Crippen LogP contribution in [0.25, 0.3) is 0 Å². The second-order valence-corrected chi connectivity index (χ2v) is 4.92. The highest BCUT2D eigenvalue weighted by molar-refractivity contribution is 6.30. The van der Waals surface area contributed by atoms with Gasteiger partial charge in [0.25, 0.3) is 5.91 Å². The summed E-state index contributed by atoms with van der Waals surface area (Å²) in [5.41, 5.74) is 0.242. The van der Waals surface area contributed by atoms with Crippen LogP contribution in [0.4, 0.5) is 6.01 Å². The fourth-order valence-corrected chi connectivity index (χ4v) is 1.75. The van der Waals surface area contributed by atoms with Crippen molar-refractivity contribution in [2.45, 2.75) is 19.3 Å². The van der Waals surface area contributed by atoms with Gasteiger partial charge in [-0.05, 0) is 30.9 Å². The summed E-state index contributed by atoms with van der Waals surface area (Å²) in [4.78, 5) is 19.8. The maximum Gasteiger partial charge on any atom is 0.328 e. The number of aromatic nitrogens is 3. The predicted molar refractivity (Wildman–Crippen MR) is 67.9 cm³/mol. The van der Waals surface area contributed by atoms with Gasteiger partial charge in [-0.25, -0.2) is 4.98 Å². The van der Waals surface area contributed by atoms with Gasteiger partial charge in [-0.3, -0.25) is 10.1 Å². The fourth-order valence-electron chi connectivity index (χ4n) is 1.64. The van der Waals surface area contributed by atoms with Crippen LogP contribution in [0.1, 0.15) is 29.2 Å². The van der Waals surface area contributed by atoms with Crippen molar-refractivity contribution in [2.24, 2.45) is 5.92 Å². The number of rotatable bonds is 4. The molecule has 0 bridgehead atoms. The average molecular weight is 279 g/mol. The standard InChI is InChI=1S/C12H11ClN4O2/c13-8-3-4-9(14-6-8)11(18)16-12-15-10(17-19-12)5-7-1-2-7/h3-4,6-7H,1-2,5H2,(H,15,16,17,18). The van der Waals surface area contributed by atoms with Gasteiger partial charge in [0.1, 0.15) is 5.69 Å². The van der Waals surface area contributed by atoms with Gasteiger partial charge >= 0.3 is 6.01 Å². The Labute approximate surface area is 114 Å². The number of amides is 1. The summed E-state index contributed by atoms with van der Waals surface area (Å²) in [7, 11) is 0. The van der Waals surface area contributed by atoms with Crippen LogP contribution in [0, 0.1) is 5.92 Å². The minimum atomic E-state index is -0.404. The van der Waals surface area contributed by atoms with Crippen molar-refractivity contribution in [3.63, 3.8) is 0 Å². The van der Waals surface area contributed by atoms with Crippen LogP contribution in [0.5, 0.6) is 0 Å². The topological polar surface area (TPSA) is 80.9 Å². The Balaban J connectivity index is 1.64. The van der Waals surface area contributed by atoms with E-state index in [4.69, 9.17) is 16.1 Å². The summed E-state index contributed by atoms with van der Waals surface area (Å²) in [5, 5.41) is 6.79. The lowest BCUT2D eigenvalue weighted by Gasteiger charge is -1.98. The molecule has 2 aromatic rings. The molecule has 0 aliphatic heterocycles. The Bertz CT molecular complexity index is 592. The zero-order valence-electron chi connectivity index (χ0n) is 9.97. The molecule has 0 atom stereocenters. The molecule has 1 aliphatic rings. The van der Waals surface area contributed by atoms with Gasteiger partial charge in [0.05, 0.1) is 5.02 Å². The van der Waals surface area contributed by atoms with Gasteiger partial charge in [0.15, 0.2) is 5.82 Å². The number of hydrogen-bond acceptors (Lipinski definition) is 5. The van der Waals surface area contributed by atoms with Crippen molar-refractivity contribution in [3.05, 3.63) is 34.9 Å². The summed E-state index contributed by atoms with van der Waals surface area (Å²) in [6, 6.07) is 3.21. The van der Waals surface area contributed by atoms with E-state index in [1.54, 1.807) is 6.07 Å². The molecule has 6 nitrogen and oxygen atoms in total. The number of hydrogen-bond donors (Lipinski definition) is 1. The van der Waals surface area contributed by atoms with Crippen LogP contribution in [-0.4, -0.2) is 21.0 Å². The van der Waals surface area contributed by atoms with Gasteiger partial charge in [0, 0.05) is 12.6 Å². The van der Waals surface area contributed by atoms with Crippen molar-refractivity contribution < 1.29 is 9.32 Å². The molecule has 0 unspecified atom stereocenters. The van der Waals surface area contributed by atoms with Gasteiger partial charge in [-0.2, -0.15) is 4.98 Å². The molecule has 2 heterocycles. The molecule has 7 heteroatoms. The maximum atomic E-state index is 11.8. The van der Waals surface area contributed by atoms with Crippen LogP contribution in [0.2, 0.25) is 5.02 Å². The van der Waals surface area contributed by atoms with Crippen molar-refractivity contribution in [2.75, 3.05) is 5.32 Å². The minimum absolute atomic E-state index is 0.0948. The summed E-state index contributed by atoms with van der Waals surface area (Å²) >= 11 is 5.70. The number of pyridine rings is 1. The minimum Gasteiger partial charge on any atom is -0.315 e. The molecule has 2 aromatic heterocycles. The molecular formula is C12H11ClN4O2. The van der Waals surface area contributed by atoms with E-state index in [-0.39, 0.29) is 11.7 Å². The first-order valence-electron chi connectivity index (χ1n) is 5.96. The van der Waals surface area contributed by atoms with Gasteiger partial charge < -0.3 is 4.52 Å². The quantitative estimate of drug-likeness (QED) is 0.928. The molecular weight excluding hydrogens is 268 g/mol. The molecule has 0 aromatic carbocycles. The largest absolute Gasteiger partial charge is 0.328 e. The highest BCUT2D eigenvalue weighted by Crippen LogP contribution is 2.31. The van der Waals surface area contributed by atoms with E-state index >= 15 is 0 Å². The van der Waals surface area contributed by atoms with Gasteiger partial charge in [-0.1, -0.05) is 16.8 Å². The highest BCUT2D eigenvalue weighted by atomic mass is 35.5. The lowest BCUT2D eigenvalue weighted by Crippen LogP contribution is -2.13. The van der Waals surface area contributed by atoms with Crippen LogP contribution < -0.4 is 5.32 Å². The van der Waals surface area contributed by atoms with Crippen LogP contribution in [-0.2, 0) is 6.42 Å². The third-order valence-corrected chi connectivity index (χ3v) is 3.04. The second-order valence-electron chi connectivity index (χ2n) is 4.48. The lowest BCUT2D eigenvalue weighted by molar-refractivity contribution is 0.101. The fraction of sp³-hybridized carbons (Fsp3) is 0.333. The first kappa shape index (κ1) is 12.1. The molecule has 1 N–H and O–H groups in total. The van der Waals surface area contributed by atoms with Gasteiger partial charge in [0.2, 0.25) is 0 Å². The van der Waals surface area contributed by atoms with E-state index in [2.05, 4.69) is 20.4 Å². The summed E-state index contributed by atoms with van der Waals surface area (Å²) in [6.45, 7) is 0. The zero-order chi connectivity index (χ0) is 13.2. The number of halogens is 1. The molecule has 19 heavy (non-hydrogen) atoms. The smallest absolute Gasteiger partial charge is 0.315 e. The Hall–Kier alpha value is -1.95. The van der Waals surface area contributed by atoms with E-state index in [0.717, 1.165) is 6.42 Å². The van der Waals surface area contributed by atoms with E-state index in [0.29, 0.717) is 16.8 Å². The van der Waals surface area contributed by atoms with Gasteiger partial charge in [-0.15, -0.1) is 0 Å². The number of nitrogens with one attached hydrogen (secondary N) is 1. The molecule has 1 saturated carbocycles. The average Bonchev–Trinajstić information content (AvgIpc) is 3.10. The zero-order valence-corrected chi connectivity index (χ0v) is 10.7. The SMILES string of the molecule is O=C(Nc1nc(CC2CC2)no1)c1ccc(Cl)cn1. The summed E-state index contributed by atoms with van der Waals surface area (Å²) in [6.07, 6.45) is 4.64. The van der Waals surface area contributed by atoms with Crippen LogP contribution >= 0.6 is 11.6 Å². The summed E-state index contributed by atoms with van der Waals surface area (Å²) < 4.78 is 4.96. The molecule has 0 spiro atoms. The number of carbonyl (C=O) groups excluding carboxylic acids is 1. The highest BCUT2D eigenvalue weighted by Gasteiger charge is 2.24. The lowest BCUT2D eigenvalue weighted by atomic mass is 10.3. The molecule has 0 radical (unpaired) electrons. The first-order chi connectivity index (χ1) is 9.20. The Morgan fingerprint density at radius 3 is 3.00 bits per heavy atom. The number of nitrogens with zero attached hydrogens (tertiary/aromatic N) is 3. The second kappa shape index (κ2) is 4.97. The molecule has 3 rings (SSSR count). The van der Waals surface area contributed by atoms with Crippen molar-refractivity contribution in [1.82, 2.24) is 15.1 Å². The normalized spacial score (nSPS) is 14.4. The Kier molecular flexibility index (Phi) is 3.16. The Morgan fingerprint density at radius 1 is 1.47 bits per heavy atom. The van der Waals surface area contributed by atoms with Crippen LogP contribution in [0.15, 0.2) is 22.9 Å². The summed E-state index contributed by atoms with van der Waals surface area (Å²) in [5.74, 6) is 0.888. The van der Waals surface area contributed by atoms with Crippen molar-refractivity contribution in [3.8, 4) is 0 Å². The molecule has 0 saturated heterocycles. The number of carbonyl (C=O) groups is 1. The van der Waals surface area contributed by atoms with Crippen molar-refractivity contribution in [1.29, 1.82) is 0 Å². The third kappa shape index (κ3) is 3.08. The number of anilines is 1. The molecule has 1 amide bonds. The van der Waals surface area contributed by atoms with E-state index < -0.39 is 5.91 Å². The molecule has 1 aliphatic carbocycles. The van der Waals surface area contributed by atoms with E-state index in [9.17, 15) is 4.79 Å². The van der Waals surface area contributed by atoms with Crippen molar-refractivity contribution >= 4 is 23.5 Å². The predicted octanol–water partition coefficient (Wildman–Crippen LogP) is 2.32. The molecule has 1 fully saturated rings. The Morgan fingerprint density at radius 2 is 2.32 bits per heavy atom. The van der Waals surface area contributed by atoms with Crippen LogP contribution in [0.3, 0.4) is 0 Å². The maximum absolute atomic E-state index is 11.8. The van der Waals surface area contributed by atoms with E-state index in [1.165, 1.54) is 25.1 Å². The third-order valence-electron chi connectivity index (χ3n) is 2.82. The van der Waals surface area contributed by atoms with E-state index in [1.807, 2.05) is 0 Å². The monoisotopic (exact) mass is 278 g/mol. The molecule has 98 valence electrons.